The number of aromatic carboxylic acids is 1. The van der Waals surface area contributed by atoms with Gasteiger partial charge in [-0.3, -0.25) is 4.79 Å². The molecule has 0 fully saturated rings. The molecule has 0 spiro atoms. The summed E-state index contributed by atoms with van der Waals surface area (Å²) in [6.45, 7) is 5.85. The van der Waals surface area contributed by atoms with Crippen LogP contribution in [-0.4, -0.2) is 16.1 Å². The summed E-state index contributed by atoms with van der Waals surface area (Å²) >= 11 is 0. The molecule has 0 aliphatic rings. The van der Waals surface area contributed by atoms with Crippen molar-refractivity contribution in [2.45, 2.75) is 20.8 Å². The smallest absolute Gasteiger partial charge is 0.341 e. The molecule has 0 saturated heterocycles. The lowest BCUT2D eigenvalue weighted by Gasteiger charge is -2.00. The van der Waals surface area contributed by atoms with Gasteiger partial charge < -0.3 is 10.1 Å². The van der Waals surface area contributed by atoms with Gasteiger partial charge in [-0.25, -0.2) is 4.79 Å². The van der Waals surface area contributed by atoms with Crippen LogP contribution < -0.4 is 5.43 Å². The zero-order chi connectivity index (χ0) is 13.0. The first-order valence-electron chi connectivity index (χ1n) is 5.45. The Labute approximate surface area is 98.9 Å². The van der Waals surface area contributed by atoms with Crippen molar-refractivity contribution < 1.29 is 9.90 Å². The van der Waals surface area contributed by atoms with E-state index >= 15 is 0 Å². The molecular formula is C13H15NO3. The normalized spacial score (nSPS) is 9.59. The fraction of sp³-hybridized carbons (Fsp3) is 0.231. The second kappa shape index (κ2) is 5.30. The van der Waals surface area contributed by atoms with Gasteiger partial charge in [-0.2, -0.15) is 0 Å². The highest BCUT2D eigenvalue weighted by atomic mass is 16.4. The number of benzene rings is 1. The van der Waals surface area contributed by atoms with E-state index < -0.39 is 11.4 Å². The summed E-state index contributed by atoms with van der Waals surface area (Å²) < 4.78 is 0. The minimum Gasteiger partial charge on any atom is -0.477 e. The van der Waals surface area contributed by atoms with E-state index in [4.69, 9.17) is 5.11 Å². The van der Waals surface area contributed by atoms with Crippen LogP contribution in [0.2, 0.25) is 0 Å². The van der Waals surface area contributed by atoms with E-state index in [-0.39, 0.29) is 5.56 Å². The predicted octanol–water partition coefficient (Wildman–Crippen LogP) is 2.56. The van der Waals surface area contributed by atoms with Crippen molar-refractivity contribution in [2.24, 2.45) is 0 Å². The maximum Gasteiger partial charge on any atom is 0.341 e. The monoisotopic (exact) mass is 233 g/mol. The van der Waals surface area contributed by atoms with Crippen LogP contribution in [0.5, 0.6) is 0 Å². The van der Waals surface area contributed by atoms with Crippen molar-refractivity contribution in [3.05, 3.63) is 45.7 Å². The number of fused-ring (bicyclic) bond motifs is 1. The van der Waals surface area contributed by atoms with Crippen LogP contribution >= 0.6 is 0 Å². The van der Waals surface area contributed by atoms with Crippen molar-refractivity contribution in [1.82, 2.24) is 4.98 Å². The number of hydrogen-bond acceptors (Lipinski definition) is 2. The third kappa shape index (κ3) is 2.53. The molecule has 2 N–H and O–H groups in total. The molecule has 0 radical (unpaired) electrons. The molecule has 1 heterocycles. The van der Waals surface area contributed by atoms with Gasteiger partial charge in [0.2, 0.25) is 5.43 Å². The molecule has 0 saturated carbocycles. The maximum absolute atomic E-state index is 11.7. The number of aromatic amines is 1. The van der Waals surface area contributed by atoms with E-state index in [0.29, 0.717) is 10.9 Å². The largest absolute Gasteiger partial charge is 0.477 e. The summed E-state index contributed by atoms with van der Waals surface area (Å²) in [7, 11) is 0. The summed E-state index contributed by atoms with van der Waals surface area (Å²) in [5, 5.41) is 9.19. The SMILES string of the molecule is CC.Cc1ccc2[nH]cc(C(=O)O)c(=O)c2c1. The van der Waals surface area contributed by atoms with Gasteiger partial charge in [0.25, 0.3) is 0 Å². The Kier molecular flexibility index (Phi) is 4.04. The quantitative estimate of drug-likeness (QED) is 0.795. The van der Waals surface area contributed by atoms with Crippen LogP contribution in [0.4, 0.5) is 0 Å². The molecule has 2 rings (SSSR count). The van der Waals surface area contributed by atoms with Gasteiger partial charge in [0.1, 0.15) is 5.56 Å². The minimum absolute atomic E-state index is 0.229. The molecule has 0 unspecified atom stereocenters. The lowest BCUT2D eigenvalue weighted by Crippen LogP contribution is -2.15. The van der Waals surface area contributed by atoms with Crippen molar-refractivity contribution >= 4 is 16.9 Å². The Bertz CT molecular complexity index is 599. The number of carbonyl (C=O) groups is 1. The summed E-state index contributed by atoms with van der Waals surface area (Å²) in [6.07, 6.45) is 1.22. The average molecular weight is 233 g/mol. The van der Waals surface area contributed by atoms with Gasteiger partial charge >= 0.3 is 5.97 Å². The molecule has 1 aromatic heterocycles. The second-order valence-electron chi connectivity index (χ2n) is 3.39. The molecule has 4 nitrogen and oxygen atoms in total. The number of carboxylic acid groups (broad SMARTS) is 1. The number of hydrogen-bond donors (Lipinski definition) is 2. The average Bonchev–Trinajstić information content (AvgIpc) is 2.32. The van der Waals surface area contributed by atoms with Crippen molar-refractivity contribution in [3.8, 4) is 0 Å². The Balaban J connectivity index is 0.000000686. The van der Waals surface area contributed by atoms with Crippen LogP contribution in [0.25, 0.3) is 10.9 Å². The van der Waals surface area contributed by atoms with Crippen LogP contribution in [-0.2, 0) is 0 Å². The number of H-pyrrole nitrogens is 1. The minimum atomic E-state index is -1.21. The highest BCUT2D eigenvalue weighted by molar-refractivity contribution is 5.92. The number of aryl methyl sites for hydroxylation is 1. The van der Waals surface area contributed by atoms with E-state index in [9.17, 15) is 9.59 Å². The van der Waals surface area contributed by atoms with Crippen LogP contribution in [0.1, 0.15) is 29.8 Å². The van der Waals surface area contributed by atoms with Gasteiger partial charge in [0.05, 0.1) is 0 Å². The van der Waals surface area contributed by atoms with Gasteiger partial charge in [-0.1, -0.05) is 25.5 Å². The van der Waals surface area contributed by atoms with E-state index in [1.165, 1.54) is 6.20 Å². The third-order valence-electron chi connectivity index (χ3n) is 2.27. The Morgan fingerprint density at radius 2 is 1.94 bits per heavy atom. The summed E-state index contributed by atoms with van der Waals surface area (Å²) in [5.41, 5.74) is 0.902. The highest BCUT2D eigenvalue weighted by Gasteiger charge is 2.10. The fourth-order valence-electron chi connectivity index (χ4n) is 1.49. The Morgan fingerprint density at radius 3 is 2.53 bits per heavy atom. The van der Waals surface area contributed by atoms with E-state index in [0.717, 1.165) is 5.56 Å². The van der Waals surface area contributed by atoms with Gasteiger partial charge in [-0.15, -0.1) is 0 Å². The molecule has 1 aromatic carbocycles. The van der Waals surface area contributed by atoms with Crippen LogP contribution in [0.15, 0.2) is 29.2 Å². The lowest BCUT2D eigenvalue weighted by atomic mass is 10.1. The standard InChI is InChI=1S/C11H9NO3.C2H6/c1-6-2-3-9-7(4-6)10(13)8(5-12-9)11(14)15;1-2/h2-5H,1H3,(H,12,13)(H,14,15);1-2H3. The summed E-state index contributed by atoms with van der Waals surface area (Å²) in [4.78, 5) is 25.2. The topological polar surface area (TPSA) is 70.2 Å². The van der Waals surface area contributed by atoms with Crippen molar-refractivity contribution in [2.75, 3.05) is 0 Å². The van der Waals surface area contributed by atoms with E-state index in [1.54, 1.807) is 12.1 Å². The van der Waals surface area contributed by atoms with Crippen LogP contribution in [0, 0.1) is 6.92 Å². The maximum atomic E-state index is 11.7. The van der Waals surface area contributed by atoms with Gasteiger partial charge in [-0.05, 0) is 19.1 Å². The number of rotatable bonds is 1. The lowest BCUT2D eigenvalue weighted by molar-refractivity contribution is 0.0695. The zero-order valence-electron chi connectivity index (χ0n) is 10.1. The first-order valence-corrected chi connectivity index (χ1v) is 5.45. The molecule has 17 heavy (non-hydrogen) atoms. The molecule has 4 heteroatoms. The van der Waals surface area contributed by atoms with Crippen LogP contribution in [0.3, 0.4) is 0 Å². The first-order chi connectivity index (χ1) is 8.09. The summed E-state index contributed by atoms with van der Waals surface area (Å²) in [5.74, 6) is -1.21. The van der Waals surface area contributed by atoms with E-state index in [1.807, 2.05) is 26.8 Å². The number of nitrogens with one attached hydrogen (secondary N) is 1. The molecule has 0 aliphatic heterocycles. The zero-order valence-corrected chi connectivity index (χ0v) is 10.1. The van der Waals surface area contributed by atoms with Gasteiger partial charge in [0.15, 0.2) is 0 Å². The van der Waals surface area contributed by atoms with Crippen molar-refractivity contribution in [3.63, 3.8) is 0 Å². The van der Waals surface area contributed by atoms with E-state index in [2.05, 4.69) is 4.98 Å². The highest BCUT2D eigenvalue weighted by Crippen LogP contribution is 2.10. The summed E-state index contributed by atoms with van der Waals surface area (Å²) in [6, 6.07) is 5.30. The van der Waals surface area contributed by atoms with Crippen molar-refractivity contribution in [1.29, 1.82) is 0 Å². The molecule has 0 atom stereocenters. The molecule has 2 aromatic rings. The molecule has 0 amide bonds. The fourth-order valence-corrected chi connectivity index (χ4v) is 1.49. The molecule has 90 valence electrons. The molecule has 0 aliphatic carbocycles. The second-order valence-corrected chi connectivity index (χ2v) is 3.39. The van der Waals surface area contributed by atoms with Gasteiger partial charge in [0, 0.05) is 17.1 Å². The predicted molar refractivity (Wildman–Crippen MR) is 67.6 cm³/mol. The number of carboxylic acids is 1. The number of pyridine rings is 1. The molecule has 0 bridgehead atoms. The third-order valence-corrected chi connectivity index (χ3v) is 2.27. The first kappa shape index (κ1) is 13.0. The Morgan fingerprint density at radius 1 is 1.29 bits per heavy atom. The Hall–Kier alpha value is -2.10. The number of aromatic nitrogens is 1. The molecular weight excluding hydrogens is 218 g/mol.